The van der Waals surface area contributed by atoms with E-state index >= 15 is 0 Å². The summed E-state index contributed by atoms with van der Waals surface area (Å²) in [5, 5.41) is 0. The van der Waals surface area contributed by atoms with Crippen molar-refractivity contribution in [1.82, 2.24) is 14.7 Å². The van der Waals surface area contributed by atoms with Gasteiger partial charge in [-0.3, -0.25) is 9.59 Å². The molecular weight excluding hydrogens is 318 g/mol. The van der Waals surface area contributed by atoms with Gasteiger partial charge in [-0.2, -0.15) is 0 Å². The number of sulfone groups is 1. The van der Waals surface area contributed by atoms with Crippen molar-refractivity contribution < 1.29 is 18.0 Å². The number of likely N-dealkylation sites (N-methyl/N-ethyl adjacent to an activating group) is 1. The van der Waals surface area contributed by atoms with Gasteiger partial charge in [0, 0.05) is 38.8 Å². The Morgan fingerprint density at radius 2 is 1.78 bits per heavy atom. The number of rotatable bonds is 5. The Bertz CT molecular complexity index is 541. The highest BCUT2D eigenvalue weighted by Crippen LogP contribution is 2.18. The third-order valence-corrected chi connectivity index (χ3v) is 6.54. The first kappa shape index (κ1) is 18.2. The molecule has 132 valence electrons. The second-order valence-corrected chi connectivity index (χ2v) is 8.46. The van der Waals surface area contributed by atoms with Gasteiger partial charge in [0.25, 0.3) is 0 Å². The first-order valence-corrected chi connectivity index (χ1v) is 10.2. The maximum atomic E-state index is 12.4. The number of carbonyl (C=O) groups is 2. The van der Waals surface area contributed by atoms with Gasteiger partial charge < -0.3 is 14.7 Å². The highest BCUT2D eigenvalue weighted by molar-refractivity contribution is 7.91. The molecule has 2 saturated heterocycles. The van der Waals surface area contributed by atoms with Crippen LogP contribution in [0, 0.1) is 0 Å². The van der Waals surface area contributed by atoms with Crippen molar-refractivity contribution in [1.29, 1.82) is 0 Å². The fourth-order valence-corrected chi connectivity index (χ4v) is 5.05. The Balaban J connectivity index is 1.88. The van der Waals surface area contributed by atoms with Gasteiger partial charge in [0.1, 0.15) is 6.42 Å². The Hall–Kier alpha value is -1.15. The molecule has 8 heteroatoms. The summed E-state index contributed by atoms with van der Waals surface area (Å²) in [6, 6.07) is -0.276. The second kappa shape index (κ2) is 7.61. The number of hydrogen-bond donors (Lipinski definition) is 0. The summed E-state index contributed by atoms with van der Waals surface area (Å²) in [7, 11) is -3.04. The quantitative estimate of drug-likeness (QED) is 0.632. The van der Waals surface area contributed by atoms with Crippen molar-refractivity contribution in [2.45, 2.75) is 32.7 Å². The van der Waals surface area contributed by atoms with E-state index < -0.39 is 9.84 Å². The Morgan fingerprint density at radius 3 is 2.26 bits per heavy atom. The van der Waals surface area contributed by atoms with E-state index in [4.69, 9.17) is 0 Å². The summed E-state index contributed by atoms with van der Waals surface area (Å²) in [5.41, 5.74) is 0. The lowest BCUT2D eigenvalue weighted by atomic mass is 10.2. The van der Waals surface area contributed by atoms with Crippen LogP contribution in [0.15, 0.2) is 0 Å². The third-order valence-electron chi connectivity index (χ3n) is 4.78. The predicted octanol–water partition coefficient (Wildman–Crippen LogP) is -0.424. The van der Waals surface area contributed by atoms with Gasteiger partial charge >= 0.3 is 0 Å². The standard InChI is InChI=1S/C15H27N3O4S/c1-3-16-6-8-17(9-7-16)14(19)11-15(20)18(4-2)13-5-10-23(21,22)12-13/h13H,3-12H2,1-2H3. The molecule has 2 amide bonds. The molecule has 2 rings (SSSR count). The van der Waals surface area contributed by atoms with E-state index in [-0.39, 0.29) is 35.8 Å². The molecule has 0 saturated carbocycles. The fraction of sp³-hybridized carbons (Fsp3) is 0.867. The first-order chi connectivity index (χ1) is 10.9. The average molecular weight is 345 g/mol. The maximum absolute atomic E-state index is 12.4. The van der Waals surface area contributed by atoms with Crippen LogP contribution in [-0.2, 0) is 19.4 Å². The predicted molar refractivity (Wildman–Crippen MR) is 87.8 cm³/mol. The molecule has 0 aromatic rings. The van der Waals surface area contributed by atoms with Crippen LogP contribution in [0.3, 0.4) is 0 Å². The summed E-state index contributed by atoms with van der Waals surface area (Å²) >= 11 is 0. The summed E-state index contributed by atoms with van der Waals surface area (Å²) < 4.78 is 23.2. The monoisotopic (exact) mass is 345 g/mol. The van der Waals surface area contributed by atoms with E-state index in [1.54, 1.807) is 9.80 Å². The molecular formula is C15H27N3O4S. The molecule has 23 heavy (non-hydrogen) atoms. The molecule has 0 spiro atoms. The molecule has 1 unspecified atom stereocenters. The van der Waals surface area contributed by atoms with Crippen LogP contribution in [0.5, 0.6) is 0 Å². The molecule has 0 radical (unpaired) electrons. The highest BCUT2D eigenvalue weighted by Gasteiger charge is 2.35. The molecule has 0 N–H and O–H groups in total. The molecule has 0 bridgehead atoms. The largest absolute Gasteiger partial charge is 0.340 e. The fourth-order valence-electron chi connectivity index (χ4n) is 3.32. The van der Waals surface area contributed by atoms with Gasteiger partial charge in [-0.05, 0) is 19.9 Å². The first-order valence-electron chi connectivity index (χ1n) is 8.36. The minimum Gasteiger partial charge on any atom is -0.340 e. The van der Waals surface area contributed by atoms with Crippen LogP contribution < -0.4 is 0 Å². The lowest BCUT2D eigenvalue weighted by Gasteiger charge is -2.34. The van der Waals surface area contributed by atoms with Crippen molar-refractivity contribution >= 4 is 21.7 Å². The van der Waals surface area contributed by atoms with E-state index in [0.29, 0.717) is 26.1 Å². The Kier molecular flexibility index (Phi) is 6.02. The molecule has 0 aliphatic carbocycles. The average Bonchev–Trinajstić information content (AvgIpc) is 2.87. The van der Waals surface area contributed by atoms with Crippen molar-refractivity contribution in [2.75, 3.05) is 50.8 Å². The van der Waals surface area contributed by atoms with E-state index in [1.807, 2.05) is 6.92 Å². The molecule has 0 aromatic carbocycles. The molecule has 1 atom stereocenters. The molecule has 0 aromatic heterocycles. The minimum absolute atomic E-state index is 0.0238. The lowest BCUT2D eigenvalue weighted by Crippen LogP contribution is -2.50. The maximum Gasteiger partial charge on any atom is 0.232 e. The molecule has 2 aliphatic rings. The molecule has 2 heterocycles. The van der Waals surface area contributed by atoms with Crippen molar-refractivity contribution in [2.24, 2.45) is 0 Å². The Morgan fingerprint density at radius 1 is 1.13 bits per heavy atom. The number of nitrogens with zero attached hydrogens (tertiary/aromatic N) is 3. The van der Waals surface area contributed by atoms with Crippen molar-refractivity contribution in [3.8, 4) is 0 Å². The third kappa shape index (κ3) is 4.67. The molecule has 2 fully saturated rings. The smallest absolute Gasteiger partial charge is 0.232 e. The van der Waals surface area contributed by atoms with Gasteiger partial charge in [0.05, 0.1) is 11.5 Å². The summed E-state index contributed by atoms with van der Waals surface area (Å²) in [4.78, 5) is 30.3. The van der Waals surface area contributed by atoms with Crippen molar-refractivity contribution in [3.05, 3.63) is 0 Å². The zero-order valence-electron chi connectivity index (χ0n) is 14.0. The van der Waals surface area contributed by atoms with Crippen LogP contribution in [0.2, 0.25) is 0 Å². The van der Waals surface area contributed by atoms with Crippen LogP contribution >= 0.6 is 0 Å². The van der Waals surface area contributed by atoms with Crippen LogP contribution in [0.1, 0.15) is 26.7 Å². The number of amides is 2. The summed E-state index contributed by atoms with van der Waals surface area (Å²) in [6.07, 6.45) is 0.321. The second-order valence-electron chi connectivity index (χ2n) is 6.23. The number of hydrogen-bond acceptors (Lipinski definition) is 5. The minimum atomic E-state index is -3.04. The number of piperazine rings is 1. The van der Waals surface area contributed by atoms with E-state index in [2.05, 4.69) is 11.8 Å². The van der Waals surface area contributed by atoms with Crippen LogP contribution in [-0.4, -0.2) is 91.7 Å². The number of carbonyl (C=O) groups excluding carboxylic acids is 2. The molecule has 2 aliphatic heterocycles. The summed E-state index contributed by atoms with van der Waals surface area (Å²) in [6.45, 7) is 8.33. The van der Waals surface area contributed by atoms with Crippen LogP contribution in [0.25, 0.3) is 0 Å². The van der Waals surface area contributed by atoms with E-state index in [0.717, 1.165) is 19.6 Å². The zero-order valence-corrected chi connectivity index (χ0v) is 14.8. The van der Waals surface area contributed by atoms with Gasteiger partial charge in [-0.25, -0.2) is 8.42 Å². The van der Waals surface area contributed by atoms with Gasteiger partial charge in [0.15, 0.2) is 9.84 Å². The molecule has 7 nitrogen and oxygen atoms in total. The van der Waals surface area contributed by atoms with E-state index in [9.17, 15) is 18.0 Å². The SMILES string of the molecule is CCN1CCN(C(=O)CC(=O)N(CC)C2CCS(=O)(=O)C2)CC1. The summed E-state index contributed by atoms with van der Waals surface area (Å²) in [5.74, 6) is -0.243. The van der Waals surface area contributed by atoms with Gasteiger partial charge in [-0.1, -0.05) is 6.92 Å². The van der Waals surface area contributed by atoms with Crippen molar-refractivity contribution in [3.63, 3.8) is 0 Å². The van der Waals surface area contributed by atoms with Crippen LogP contribution in [0.4, 0.5) is 0 Å². The lowest BCUT2D eigenvalue weighted by molar-refractivity contribution is -0.142. The highest BCUT2D eigenvalue weighted by atomic mass is 32.2. The Labute approximate surface area is 138 Å². The zero-order chi connectivity index (χ0) is 17.0. The van der Waals surface area contributed by atoms with Gasteiger partial charge in [-0.15, -0.1) is 0 Å². The normalized spacial score (nSPS) is 24.6. The van der Waals surface area contributed by atoms with Gasteiger partial charge in [0.2, 0.25) is 11.8 Å². The van der Waals surface area contributed by atoms with E-state index in [1.165, 1.54) is 0 Å². The topological polar surface area (TPSA) is 78.0 Å².